The molecule has 0 aliphatic rings. The molecule has 0 aliphatic carbocycles. The van der Waals surface area contributed by atoms with Gasteiger partial charge in [0.05, 0.1) is 15.9 Å². The first-order chi connectivity index (χ1) is 11.9. The zero-order valence-electron chi connectivity index (χ0n) is 12.3. The second kappa shape index (κ2) is 7.04. The fraction of sp³-hybridized carbons (Fsp3) is 0. The SMILES string of the molecule is N#CC(=C(O)c1ccc(Cl)cc1Cl)c1nc2ccc(I)cc2c(=O)[nH]1. The van der Waals surface area contributed by atoms with Crippen molar-refractivity contribution in [3.63, 3.8) is 0 Å². The summed E-state index contributed by atoms with van der Waals surface area (Å²) in [5.41, 5.74) is 0.0398. The van der Waals surface area contributed by atoms with Crippen molar-refractivity contribution >= 4 is 68.0 Å². The Morgan fingerprint density at radius 2 is 2.00 bits per heavy atom. The molecule has 2 aromatic carbocycles. The Morgan fingerprint density at radius 3 is 2.68 bits per heavy atom. The molecule has 2 N–H and O–H groups in total. The number of fused-ring (bicyclic) bond motifs is 1. The van der Waals surface area contributed by atoms with Crippen LogP contribution in [-0.4, -0.2) is 15.1 Å². The summed E-state index contributed by atoms with van der Waals surface area (Å²) in [4.78, 5) is 19.1. The number of H-pyrrole nitrogens is 1. The van der Waals surface area contributed by atoms with E-state index in [9.17, 15) is 15.2 Å². The van der Waals surface area contributed by atoms with E-state index in [1.54, 1.807) is 18.2 Å². The van der Waals surface area contributed by atoms with E-state index in [1.165, 1.54) is 18.2 Å². The largest absolute Gasteiger partial charge is 0.506 e. The Labute approximate surface area is 165 Å². The Kier molecular flexibility index (Phi) is 4.99. The number of nitrogens with zero attached hydrogens (tertiary/aromatic N) is 2. The quantitative estimate of drug-likeness (QED) is 0.311. The third kappa shape index (κ3) is 3.49. The third-order valence-corrected chi connectivity index (χ3v) is 4.66. The Morgan fingerprint density at radius 1 is 1.24 bits per heavy atom. The van der Waals surface area contributed by atoms with Gasteiger partial charge < -0.3 is 10.1 Å². The molecule has 5 nitrogen and oxygen atoms in total. The van der Waals surface area contributed by atoms with E-state index >= 15 is 0 Å². The summed E-state index contributed by atoms with van der Waals surface area (Å²) in [7, 11) is 0. The number of aromatic amines is 1. The molecule has 124 valence electrons. The highest BCUT2D eigenvalue weighted by Crippen LogP contribution is 2.29. The first kappa shape index (κ1) is 17.7. The highest BCUT2D eigenvalue weighted by atomic mass is 127. The standard InChI is InChI=1S/C17H8Cl2IN3O2/c18-8-1-3-10(13(19)5-8)15(24)12(7-21)16-22-14-4-2-9(20)6-11(14)17(25)23-16/h1-6,24H,(H,22,23,25). The summed E-state index contributed by atoms with van der Waals surface area (Å²) >= 11 is 14.0. The molecule has 0 saturated carbocycles. The number of aliphatic hydroxyl groups excluding tert-OH is 1. The zero-order chi connectivity index (χ0) is 18.1. The number of nitriles is 1. The molecule has 8 heteroatoms. The lowest BCUT2D eigenvalue weighted by molar-refractivity contribution is 0.514. The number of halogens is 3. The van der Waals surface area contributed by atoms with E-state index in [1.807, 2.05) is 6.07 Å². The number of nitrogens with one attached hydrogen (secondary N) is 1. The molecule has 0 saturated heterocycles. The van der Waals surface area contributed by atoms with Gasteiger partial charge in [-0.2, -0.15) is 5.26 Å². The van der Waals surface area contributed by atoms with Gasteiger partial charge in [0.15, 0.2) is 5.82 Å². The Balaban J connectivity index is 2.25. The van der Waals surface area contributed by atoms with Crippen LogP contribution in [0, 0.1) is 14.9 Å². The van der Waals surface area contributed by atoms with Crippen LogP contribution in [0.1, 0.15) is 11.4 Å². The molecular formula is C17H8Cl2IN3O2. The number of aromatic nitrogens is 2. The van der Waals surface area contributed by atoms with Crippen molar-refractivity contribution in [2.45, 2.75) is 0 Å². The minimum Gasteiger partial charge on any atom is -0.506 e. The second-order valence-corrected chi connectivity index (χ2v) is 7.12. The van der Waals surface area contributed by atoms with Crippen molar-refractivity contribution in [1.82, 2.24) is 9.97 Å². The van der Waals surface area contributed by atoms with Crippen LogP contribution in [0.25, 0.3) is 22.2 Å². The van der Waals surface area contributed by atoms with E-state index < -0.39 is 11.3 Å². The van der Waals surface area contributed by atoms with Crippen molar-refractivity contribution in [2.24, 2.45) is 0 Å². The average molecular weight is 484 g/mol. The molecule has 0 fully saturated rings. The van der Waals surface area contributed by atoms with Crippen LogP contribution < -0.4 is 5.56 Å². The van der Waals surface area contributed by atoms with Crippen molar-refractivity contribution < 1.29 is 5.11 Å². The number of hydrogen-bond donors (Lipinski definition) is 2. The van der Waals surface area contributed by atoms with Gasteiger partial charge in [0, 0.05) is 14.2 Å². The minimum absolute atomic E-state index is 0.0373. The summed E-state index contributed by atoms with van der Waals surface area (Å²) in [6.45, 7) is 0. The first-order valence-corrected chi connectivity index (χ1v) is 8.73. The van der Waals surface area contributed by atoms with E-state index in [-0.39, 0.29) is 22.0 Å². The lowest BCUT2D eigenvalue weighted by Crippen LogP contribution is -2.12. The normalized spacial score (nSPS) is 11.9. The van der Waals surface area contributed by atoms with Crippen LogP contribution in [-0.2, 0) is 0 Å². The highest BCUT2D eigenvalue weighted by Gasteiger charge is 2.17. The van der Waals surface area contributed by atoms with Crippen LogP contribution in [0.2, 0.25) is 10.0 Å². The smallest absolute Gasteiger partial charge is 0.259 e. The predicted octanol–water partition coefficient (Wildman–Crippen LogP) is 4.78. The van der Waals surface area contributed by atoms with Crippen LogP contribution in [0.15, 0.2) is 41.2 Å². The van der Waals surface area contributed by atoms with Crippen LogP contribution in [0.4, 0.5) is 0 Å². The van der Waals surface area contributed by atoms with Crippen molar-refractivity contribution in [2.75, 3.05) is 0 Å². The number of allylic oxidation sites excluding steroid dienone is 1. The molecule has 0 atom stereocenters. The molecule has 0 bridgehead atoms. The van der Waals surface area contributed by atoms with Gasteiger partial charge >= 0.3 is 0 Å². The predicted molar refractivity (Wildman–Crippen MR) is 107 cm³/mol. The topological polar surface area (TPSA) is 89.8 Å². The molecule has 25 heavy (non-hydrogen) atoms. The molecule has 1 heterocycles. The van der Waals surface area contributed by atoms with Gasteiger partial charge in [0.25, 0.3) is 5.56 Å². The number of rotatable bonds is 2. The molecule has 0 aliphatic heterocycles. The van der Waals surface area contributed by atoms with Crippen molar-refractivity contribution in [3.8, 4) is 6.07 Å². The van der Waals surface area contributed by atoms with Gasteiger partial charge in [-0.05, 0) is 59.0 Å². The number of aliphatic hydroxyl groups is 1. The average Bonchev–Trinajstić information content (AvgIpc) is 2.56. The van der Waals surface area contributed by atoms with Gasteiger partial charge in [-0.25, -0.2) is 4.98 Å². The van der Waals surface area contributed by atoms with Gasteiger partial charge in [0.1, 0.15) is 17.4 Å². The number of benzene rings is 2. The van der Waals surface area contributed by atoms with Crippen LogP contribution >= 0.6 is 45.8 Å². The summed E-state index contributed by atoms with van der Waals surface area (Å²) in [5.74, 6) is -0.429. The minimum atomic E-state index is -0.402. The molecule has 0 unspecified atom stereocenters. The van der Waals surface area contributed by atoms with Crippen molar-refractivity contribution in [3.05, 3.63) is 71.8 Å². The van der Waals surface area contributed by atoms with E-state index in [0.717, 1.165) is 3.57 Å². The maximum Gasteiger partial charge on any atom is 0.259 e. The fourth-order valence-electron chi connectivity index (χ4n) is 2.26. The van der Waals surface area contributed by atoms with E-state index in [0.29, 0.717) is 15.9 Å². The van der Waals surface area contributed by atoms with Gasteiger partial charge in [-0.3, -0.25) is 4.79 Å². The van der Waals surface area contributed by atoms with E-state index in [2.05, 4.69) is 32.6 Å². The Bertz CT molecular complexity index is 1130. The molecular weight excluding hydrogens is 476 g/mol. The van der Waals surface area contributed by atoms with Gasteiger partial charge in [-0.1, -0.05) is 23.2 Å². The maximum atomic E-state index is 12.3. The highest BCUT2D eigenvalue weighted by molar-refractivity contribution is 14.1. The maximum absolute atomic E-state index is 12.3. The lowest BCUT2D eigenvalue weighted by Gasteiger charge is -2.07. The molecule has 0 spiro atoms. The third-order valence-electron chi connectivity index (χ3n) is 3.44. The van der Waals surface area contributed by atoms with Crippen LogP contribution in [0.3, 0.4) is 0 Å². The van der Waals surface area contributed by atoms with E-state index in [4.69, 9.17) is 23.2 Å². The van der Waals surface area contributed by atoms with Gasteiger partial charge in [0.2, 0.25) is 0 Å². The summed E-state index contributed by atoms with van der Waals surface area (Å²) in [5, 5.41) is 20.9. The first-order valence-electron chi connectivity index (χ1n) is 6.89. The van der Waals surface area contributed by atoms with Gasteiger partial charge in [-0.15, -0.1) is 0 Å². The summed E-state index contributed by atoms with van der Waals surface area (Å²) < 4.78 is 0.886. The molecule has 0 radical (unpaired) electrons. The zero-order valence-corrected chi connectivity index (χ0v) is 16.0. The van der Waals surface area contributed by atoms with Crippen molar-refractivity contribution in [1.29, 1.82) is 5.26 Å². The fourth-order valence-corrected chi connectivity index (χ4v) is 3.25. The summed E-state index contributed by atoms with van der Waals surface area (Å²) in [6, 6.07) is 11.5. The monoisotopic (exact) mass is 483 g/mol. The lowest BCUT2D eigenvalue weighted by atomic mass is 10.1. The summed E-state index contributed by atoms with van der Waals surface area (Å²) in [6.07, 6.45) is 0. The molecule has 1 aromatic heterocycles. The number of hydrogen-bond acceptors (Lipinski definition) is 4. The van der Waals surface area contributed by atoms with Crippen LogP contribution in [0.5, 0.6) is 0 Å². The Hall–Kier alpha value is -2.08. The molecule has 3 aromatic rings. The second-order valence-electron chi connectivity index (χ2n) is 5.04. The molecule has 3 rings (SSSR count). The molecule has 0 amide bonds.